The number of thiophene rings is 1. The molecule has 0 aromatic carbocycles. The molecule has 1 rings (SSSR count). The monoisotopic (exact) mass is 275 g/mol. The predicted molar refractivity (Wildman–Crippen MR) is 66.0 cm³/mol. The van der Waals surface area contributed by atoms with Crippen molar-refractivity contribution in [1.29, 1.82) is 0 Å². The lowest BCUT2D eigenvalue weighted by Crippen LogP contribution is -2.26. The van der Waals surface area contributed by atoms with E-state index in [0.717, 1.165) is 11.3 Å². The maximum atomic E-state index is 11.9. The van der Waals surface area contributed by atoms with E-state index in [9.17, 15) is 13.2 Å². The van der Waals surface area contributed by atoms with E-state index >= 15 is 0 Å². The first-order valence-corrected chi connectivity index (χ1v) is 7.18. The number of aromatic carboxylic acids is 1. The molecule has 0 atom stereocenters. The van der Waals surface area contributed by atoms with Gasteiger partial charge >= 0.3 is 5.97 Å². The van der Waals surface area contributed by atoms with Gasteiger partial charge in [-0.1, -0.05) is 6.08 Å². The van der Waals surface area contributed by atoms with Crippen LogP contribution in [-0.4, -0.2) is 26.0 Å². The van der Waals surface area contributed by atoms with E-state index in [0.29, 0.717) is 12.0 Å². The molecule has 1 aromatic heterocycles. The summed E-state index contributed by atoms with van der Waals surface area (Å²) in [7, 11) is -3.76. The van der Waals surface area contributed by atoms with Gasteiger partial charge in [0.25, 0.3) is 0 Å². The average Bonchev–Trinajstić information content (AvgIpc) is 2.61. The second-order valence-electron chi connectivity index (χ2n) is 3.36. The topological polar surface area (TPSA) is 83.5 Å². The Morgan fingerprint density at radius 3 is 2.82 bits per heavy atom. The van der Waals surface area contributed by atoms with Crippen LogP contribution in [-0.2, 0) is 10.0 Å². The summed E-state index contributed by atoms with van der Waals surface area (Å²) in [6.07, 6.45) is 2.08. The van der Waals surface area contributed by atoms with Gasteiger partial charge in [-0.05, 0) is 24.3 Å². The Kier molecular flexibility index (Phi) is 4.44. The molecular weight excluding hydrogens is 262 g/mol. The van der Waals surface area contributed by atoms with E-state index < -0.39 is 16.0 Å². The summed E-state index contributed by atoms with van der Waals surface area (Å²) < 4.78 is 26.2. The van der Waals surface area contributed by atoms with Crippen LogP contribution in [0.25, 0.3) is 0 Å². The smallest absolute Gasteiger partial charge is 0.347 e. The minimum atomic E-state index is -3.76. The first-order valence-electron chi connectivity index (χ1n) is 4.82. The molecule has 94 valence electrons. The number of carbonyl (C=O) groups is 1. The van der Waals surface area contributed by atoms with Gasteiger partial charge in [-0.3, -0.25) is 0 Å². The van der Waals surface area contributed by atoms with Gasteiger partial charge in [0.1, 0.15) is 9.77 Å². The highest BCUT2D eigenvalue weighted by Crippen LogP contribution is 2.26. The van der Waals surface area contributed by atoms with Crippen LogP contribution in [0.2, 0.25) is 0 Å². The van der Waals surface area contributed by atoms with Crippen molar-refractivity contribution in [2.75, 3.05) is 6.54 Å². The Hall–Kier alpha value is -1.18. The van der Waals surface area contributed by atoms with Crippen LogP contribution in [0, 0.1) is 6.92 Å². The first kappa shape index (κ1) is 13.9. The molecule has 2 N–H and O–H groups in total. The zero-order chi connectivity index (χ0) is 13.1. The predicted octanol–water partition coefficient (Wildman–Crippen LogP) is 1.61. The number of aryl methyl sites for hydroxylation is 1. The van der Waals surface area contributed by atoms with Crippen molar-refractivity contribution in [3.8, 4) is 0 Å². The molecule has 0 spiro atoms. The molecule has 1 heterocycles. The Balaban J connectivity index is 3.10. The molecule has 0 fully saturated rings. The van der Waals surface area contributed by atoms with Crippen molar-refractivity contribution < 1.29 is 18.3 Å². The minimum absolute atomic E-state index is 0.140. The molecule has 0 saturated carbocycles. The van der Waals surface area contributed by atoms with Crippen LogP contribution < -0.4 is 4.72 Å². The lowest BCUT2D eigenvalue weighted by atomic mass is 10.3. The molecule has 0 aliphatic rings. The van der Waals surface area contributed by atoms with Crippen molar-refractivity contribution >= 4 is 27.3 Å². The van der Waals surface area contributed by atoms with Gasteiger partial charge in [-0.25, -0.2) is 17.9 Å². The number of carboxylic acids is 1. The Morgan fingerprint density at radius 2 is 2.29 bits per heavy atom. The van der Waals surface area contributed by atoms with Gasteiger partial charge in [0.05, 0.1) is 0 Å². The second-order valence-corrected chi connectivity index (χ2v) is 5.94. The largest absolute Gasteiger partial charge is 0.477 e. The van der Waals surface area contributed by atoms with Gasteiger partial charge in [0, 0.05) is 6.54 Å². The van der Waals surface area contributed by atoms with Crippen molar-refractivity contribution in [1.82, 2.24) is 4.72 Å². The maximum absolute atomic E-state index is 11.9. The zero-order valence-corrected chi connectivity index (χ0v) is 10.9. The Labute approximate surface area is 104 Å². The highest BCUT2D eigenvalue weighted by Gasteiger charge is 2.26. The van der Waals surface area contributed by atoms with Crippen LogP contribution in [0.3, 0.4) is 0 Å². The van der Waals surface area contributed by atoms with Crippen molar-refractivity contribution in [3.63, 3.8) is 0 Å². The highest BCUT2D eigenvalue weighted by molar-refractivity contribution is 7.89. The summed E-state index contributed by atoms with van der Waals surface area (Å²) in [4.78, 5) is 10.6. The van der Waals surface area contributed by atoms with E-state index in [1.807, 2.05) is 0 Å². The highest BCUT2D eigenvalue weighted by atomic mass is 32.2. The summed E-state index contributed by atoms with van der Waals surface area (Å²) in [5.41, 5.74) is 0.443. The number of nitrogens with one attached hydrogen (secondary N) is 1. The summed E-state index contributed by atoms with van der Waals surface area (Å²) in [5.74, 6) is -1.23. The van der Waals surface area contributed by atoms with Gasteiger partial charge in [0.15, 0.2) is 0 Å². The van der Waals surface area contributed by atoms with E-state index in [-0.39, 0.29) is 16.3 Å². The van der Waals surface area contributed by atoms with Gasteiger partial charge in [-0.2, -0.15) is 0 Å². The first-order chi connectivity index (χ1) is 7.90. The van der Waals surface area contributed by atoms with Crippen molar-refractivity contribution in [3.05, 3.63) is 28.5 Å². The molecule has 7 heteroatoms. The fourth-order valence-corrected chi connectivity index (χ4v) is 3.96. The van der Waals surface area contributed by atoms with Gasteiger partial charge < -0.3 is 5.11 Å². The molecule has 5 nitrogen and oxygen atoms in total. The molecule has 17 heavy (non-hydrogen) atoms. The van der Waals surface area contributed by atoms with E-state index in [4.69, 9.17) is 5.11 Å². The van der Waals surface area contributed by atoms with Crippen LogP contribution in [0.1, 0.15) is 21.7 Å². The maximum Gasteiger partial charge on any atom is 0.347 e. The summed E-state index contributed by atoms with van der Waals surface area (Å²) in [6.45, 7) is 5.26. The number of rotatable bonds is 6. The number of sulfonamides is 1. The fourth-order valence-electron chi connectivity index (χ4n) is 1.28. The van der Waals surface area contributed by atoms with Crippen LogP contribution in [0.4, 0.5) is 0 Å². The Morgan fingerprint density at radius 1 is 1.65 bits per heavy atom. The summed E-state index contributed by atoms with van der Waals surface area (Å²) >= 11 is 0.911. The van der Waals surface area contributed by atoms with Crippen molar-refractivity contribution in [2.45, 2.75) is 18.2 Å². The summed E-state index contributed by atoms with van der Waals surface area (Å²) in [6, 6.07) is 0. The van der Waals surface area contributed by atoms with E-state index in [1.165, 1.54) is 5.38 Å². The third-order valence-electron chi connectivity index (χ3n) is 2.02. The SMILES string of the molecule is C=CCCNS(=O)(=O)c1c(C)csc1C(=O)O. The molecule has 0 radical (unpaired) electrons. The number of carboxylic acid groups (broad SMARTS) is 1. The molecule has 0 aliphatic heterocycles. The molecule has 0 aliphatic carbocycles. The van der Waals surface area contributed by atoms with E-state index in [1.54, 1.807) is 13.0 Å². The number of hydrogen-bond donors (Lipinski definition) is 2. The van der Waals surface area contributed by atoms with Crippen LogP contribution in [0.15, 0.2) is 22.9 Å². The third kappa shape index (κ3) is 3.15. The molecule has 1 aromatic rings. The molecule has 0 amide bonds. The van der Waals surface area contributed by atoms with Gasteiger partial charge in [0.2, 0.25) is 10.0 Å². The third-order valence-corrected chi connectivity index (χ3v) is 4.88. The Bertz CT molecular complexity index is 531. The quantitative estimate of drug-likeness (QED) is 0.610. The molecular formula is C10H13NO4S2. The normalized spacial score (nSPS) is 11.4. The summed E-state index contributed by atoms with van der Waals surface area (Å²) in [5, 5.41) is 10.4. The van der Waals surface area contributed by atoms with Crippen LogP contribution >= 0.6 is 11.3 Å². The zero-order valence-electron chi connectivity index (χ0n) is 9.26. The van der Waals surface area contributed by atoms with Gasteiger partial charge in [-0.15, -0.1) is 17.9 Å². The van der Waals surface area contributed by atoms with E-state index in [2.05, 4.69) is 11.3 Å². The lowest BCUT2D eigenvalue weighted by molar-refractivity contribution is 0.0698. The molecule has 0 saturated heterocycles. The molecule has 0 unspecified atom stereocenters. The standard InChI is InChI=1S/C10H13NO4S2/c1-3-4-5-11-17(14,15)9-7(2)6-16-8(9)10(12)13/h3,6,11H,1,4-5H2,2H3,(H,12,13). The average molecular weight is 275 g/mol. The van der Waals surface area contributed by atoms with Crippen molar-refractivity contribution in [2.24, 2.45) is 0 Å². The molecule has 0 bridgehead atoms. The second kappa shape index (κ2) is 5.44. The minimum Gasteiger partial charge on any atom is -0.477 e. The number of hydrogen-bond acceptors (Lipinski definition) is 4. The van der Waals surface area contributed by atoms with Crippen LogP contribution in [0.5, 0.6) is 0 Å². The lowest BCUT2D eigenvalue weighted by Gasteiger charge is -2.06. The fraction of sp³-hybridized carbons (Fsp3) is 0.300.